The van der Waals surface area contributed by atoms with Gasteiger partial charge < -0.3 is 11.1 Å². The quantitative estimate of drug-likeness (QED) is 0.668. The van der Waals surface area contributed by atoms with Crippen LogP contribution in [0.25, 0.3) is 0 Å². The molecule has 9 heteroatoms. The van der Waals surface area contributed by atoms with E-state index in [1.54, 1.807) is 0 Å². The molecule has 0 atom stereocenters. The summed E-state index contributed by atoms with van der Waals surface area (Å²) in [6.07, 6.45) is 1.17. The Kier molecular flexibility index (Phi) is 3.99. The Labute approximate surface area is 122 Å². The molecule has 2 rings (SSSR count). The number of aromatic nitrogens is 1. The van der Waals surface area contributed by atoms with Gasteiger partial charge in [0.25, 0.3) is 11.6 Å². The molecule has 1 aromatic heterocycles. The number of nitrogen functional groups attached to an aromatic ring is 1. The normalized spacial score (nSPS) is 10.2. The SMILES string of the molecule is Nc1nccc(C(=O)Nc2cc([N+](=O)[O-])ccc2Cl)c1F. The number of nitro benzene ring substituents is 1. The van der Waals surface area contributed by atoms with E-state index in [2.05, 4.69) is 10.3 Å². The van der Waals surface area contributed by atoms with Gasteiger partial charge in [-0.3, -0.25) is 14.9 Å². The summed E-state index contributed by atoms with van der Waals surface area (Å²) in [7, 11) is 0. The number of benzene rings is 1. The smallest absolute Gasteiger partial charge is 0.271 e. The van der Waals surface area contributed by atoms with Crippen molar-refractivity contribution in [1.82, 2.24) is 4.98 Å². The fourth-order valence-electron chi connectivity index (χ4n) is 1.55. The summed E-state index contributed by atoms with van der Waals surface area (Å²) in [6, 6.07) is 4.64. The minimum absolute atomic E-state index is 0.00866. The summed E-state index contributed by atoms with van der Waals surface area (Å²) in [5.74, 6) is -2.24. The van der Waals surface area contributed by atoms with Crippen LogP contribution in [0, 0.1) is 15.9 Å². The highest BCUT2D eigenvalue weighted by atomic mass is 35.5. The third kappa shape index (κ3) is 3.06. The van der Waals surface area contributed by atoms with E-state index in [0.29, 0.717) is 0 Å². The van der Waals surface area contributed by atoms with Gasteiger partial charge in [0, 0.05) is 18.3 Å². The second kappa shape index (κ2) is 5.71. The molecule has 0 spiro atoms. The number of hydrogen-bond donors (Lipinski definition) is 2. The van der Waals surface area contributed by atoms with Gasteiger partial charge in [-0.2, -0.15) is 0 Å². The number of non-ortho nitro benzene ring substituents is 1. The van der Waals surface area contributed by atoms with E-state index in [1.165, 1.54) is 18.3 Å². The third-order valence-corrected chi connectivity index (χ3v) is 2.90. The third-order valence-electron chi connectivity index (χ3n) is 2.57. The molecule has 1 aromatic carbocycles. The molecule has 0 unspecified atom stereocenters. The highest BCUT2D eigenvalue weighted by Gasteiger charge is 2.17. The van der Waals surface area contributed by atoms with Gasteiger partial charge >= 0.3 is 0 Å². The van der Waals surface area contributed by atoms with Gasteiger partial charge in [0.05, 0.1) is 21.2 Å². The monoisotopic (exact) mass is 310 g/mol. The van der Waals surface area contributed by atoms with Crippen molar-refractivity contribution >= 4 is 34.7 Å². The lowest BCUT2D eigenvalue weighted by Crippen LogP contribution is -2.15. The highest BCUT2D eigenvalue weighted by Crippen LogP contribution is 2.27. The van der Waals surface area contributed by atoms with Gasteiger partial charge in [-0.05, 0) is 12.1 Å². The topological polar surface area (TPSA) is 111 Å². The van der Waals surface area contributed by atoms with Crippen LogP contribution in [0.1, 0.15) is 10.4 Å². The Bertz CT molecular complexity index is 738. The van der Waals surface area contributed by atoms with E-state index < -0.39 is 22.5 Å². The van der Waals surface area contributed by atoms with Gasteiger partial charge in [-0.1, -0.05) is 11.6 Å². The van der Waals surface area contributed by atoms with Gasteiger partial charge in [-0.15, -0.1) is 0 Å². The molecule has 7 nitrogen and oxygen atoms in total. The molecule has 0 saturated heterocycles. The molecule has 0 radical (unpaired) electrons. The van der Waals surface area contributed by atoms with E-state index in [-0.39, 0.29) is 22.0 Å². The summed E-state index contributed by atoms with van der Waals surface area (Å²) in [4.78, 5) is 25.5. The van der Waals surface area contributed by atoms with Crippen molar-refractivity contribution in [1.29, 1.82) is 0 Å². The molecule has 108 valence electrons. The van der Waals surface area contributed by atoms with Crippen molar-refractivity contribution in [3.63, 3.8) is 0 Å². The number of carbonyl (C=O) groups excluding carboxylic acids is 1. The van der Waals surface area contributed by atoms with Crippen LogP contribution in [0.3, 0.4) is 0 Å². The lowest BCUT2D eigenvalue weighted by Gasteiger charge is -2.08. The first kappa shape index (κ1) is 14.7. The average molecular weight is 311 g/mol. The van der Waals surface area contributed by atoms with E-state index in [4.69, 9.17) is 17.3 Å². The number of nitrogens with one attached hydrogen (secondary N) is 1. The molecule has 1 amide bonds. The summed E-state index contributed by atoms with van der Waals surface area (Å²) < 4.78 is 13.7. The molecule has 21 heavy (non-hydrogen) atoms. The van der Waals surface area contributed by atoms with Gasteiger partial charge in [0.15, 0.2) is 11.6 Å². The minimum Gasteiger partial charge on any atom is -0.381 e. The molecule has 3 N–H and O–H groups in total. The number of rotatable bonds is 3. The Balaban J connectivity index is 2.33. The molecule has 2 aromatic rings. The van der Waals surface area contributed by atoms with Crippen molar-refractivity contribution in [2.75, 3.05) is 11.1 Å². The minimum atomic E-state index is -0.975. The van der Waals surface area contributed by atoms with Gasteiger partial charge in [0.1, 0.15) is 0 Å². The lowest BCUT2D eigenvalue weighted by molar-refractivity contribution is -0.384. The second-order valence-corrected chi connectivity index (χ2v) is 4.34. The standard InChI is InChI=1S/C12H8ClFN4O3/c13-8-2-1-6(18(20)21)5-9(8)17-12(19)7-3-4-16-11(15)10(7)14/h1-5H,(H2,15,16)(H,17,19). The number of nitro groups is 1. The number of carbonyl (C=O) groups is 1. The Morgan fingerprint density at radius 2 is 2.14 bits per heavy atom. The molecule has 0 fully saturated rings. The van der Waals surface area contributed by atoms with Crippen LogP contribution in [-0.2, 0) is 0 Å². The van der Waals surface area contributed by atoms with Crippen LogP contribution in [-0.4, -0.2) is 15.8 Å². The Morgan fingerprint density at radius 3 is 2.81 bits per heavy atom. The maximum atomic E-state index is 13.7. The first-order valence-corrected chi connectivity index (χ1v) is 5.93. The number of halogens is 2. The molecule has 0 saturated carbocycles. The fraction of sp³-hybridized carbons (Fsp3) is 0. The predicted molar refractivity (Wildman–Crippen MR) is 74.7 cm³/mol. The van der Waals surface area contributed by atoms with Crippen molar-refractivity contribution < 1.29 is 14.1 Å². The van der Waals surface area contributed by atoms with Crippen molar-refractivity contribution in [2.45, 2.75) is 0 Å². The maximum absolute atomic E-state index is 13.7. The summed E-state index contributed by atoms with van der Waals surface area (Å²) in [6.45, 7) is 0. The zero-order chi connectivity index (χ0) is 15.6. The average Bonchev–Trinajstić information content (AvgIpc) is 2.43. The molecule has 0 aliphatic rings. The molecule has 1 heterocycles. The van der Waals surface area contributed by atoms with E-state index in [1.807, 2.05) is 0 Å². The molecular weight excluding hydrogens is 303 g/mol. The highest BCUT2D eigenvalue weighted by molar-refractivity contribution is 6.34. The second-order valence-electron chi connectivity index (χ2n) is 3.93. The van der Waals surface area contributed by atoms with Crippen LogP contribution >= 0.6 is 11.6 Å². The van der Waals surface area contributed by atoms with Crippen LogP contribution in [0.2, 0.25) is 5.02 Å². The van der Waals surface area contributed by atoms with E-state index in [0.717, 1.165) is 12.1 Å². The van der Waals surface area contributed by atoms with E-state index in [9.17, 15) is 19.3 Å². The zero-order valence-corrected chi connectivity index (χ0v) is 11.1. The van der Waals surface area contributed by atoms with E-state index >= 15 is 0 Å². The molecule has 0 bridgehead atoms. The van der Waals surface area contributed by atoms with Gasteiger partial charge in [-0.25, -0.2) is 9.37 Å². The Morgan fingerprint density at radius 1 is 1.43 bits per heavy atom. The number of pyridine rings is 1. The lowest BCUT2D eigenvalue weighted by atomic mass is 10.2. The van der Waals surface area contributed by atoms with Crippen LogP contribution < -0.4 is 11.1 Å². The number of nitrogens with zero attached hydrogens (tertiary/aromatic N) is 2. The first-order chi connectivity index (χ1) is 9.90. The number of anilines is 2. The van der Waals surface area contributed by atoms with Crippen LogP contribution in [0.4, 0.5) is 21.6 Å². The van der Waals surface area contributed by atoms with Crippen molar-refractivity contribution in [3.8, 4) is 0 Å². The molecular formula is C12H8ClFN4O3. The predicted octanol–water partition coefficient (Wildman–Crippen LogP) is 2.62. The summed E-state index contributed by atoms with van der Waals surface area (Å²) in [5, 5.41) is 13.1. The summed E-state index contributed by atoms with van der Waals surface area (Å²) in [5.41, 5.74) is 4.65. The number of hydrogen-bond acceptors (Lipinski definition) is 5. The molecule has 0 aliphatic carbocycles. The molecule has 0 aliphatic heterocycles. The fourth-order valence-corrected chi connectivity index (χ4v) is 1.71. The van der Waals surface area contributed by atoms with Crippen molar-refractivity contribution in [3.05, 3.63) is 57.0 Å². The summed E-state index contributed by atoms with van der Waals surface area (Å²) >= 11 is 5.84. The largest absolute Gasteiger partial charge is 0.381 e. The Hall–Kier alpha value is -2.74. The van der Waals surface area contributed by atoms with Gasteiger partial charge in [0.2, 0.25) is 0 Å². The van der Waals surface area contributed by atoms with Crippen LogP contribution in [0.15, 0.2) is 30.5 Å². The zero-order valence-electron chi connectivity index (χ0n) is 10.3. The number of amides is 1. The van der Waals surface area contributed by atoms with Crippen molar-refractivity contribution in [2.24, 2.45) is 0 Å². The van der Waals surface area contributed by atoms with Crippen LogP contribution in [0.5, 0.6) is 0 Å². The maximum Gasteiger partial charge on any atom is 0.271 e. The first-order valence-electron chi connectivity index (χ1n) is 5.55. The number of nitrogens with two attached hydrogens (primary N) is 1.